The van der Waals surface area contributed by atoms with E-state index in [1.807, 2.05) is 30.3 Å². The van der Waals surface area contributed by atoms with Gasteiger partial charge < -0.3 is 19.5 Å². The van der Waals surface area contributed by atoms with Crippen LogP contribution in [0.2, 0.25) is 0 Å². The molecule has 0 radical (unpaired) electrons. The highest BCUT2D eigenvalue weighted by Crippen LogP contribution is 2.25. The molecule has 6 nitrogen and oxygen atoms in total. The van der Waals surface area contributed by atoms with Gasteiger partial charge in [0.05, 0.1) is 20.1 Å². The number of carboxylic acid groups (broad SMARTS) is 1. The number of ether oxygens (including phenoxy) is 2. The van der Waals surface area contributed by atoms with Crippen molar-refractivity contribution in [2.75, 3.05) is 20.8 Å². The quantitative estimate of drug-likeness (QED) is 0.786. The first-order valence-electron chi connectivity index (χ1n) is 8.22. The minimum atomic E-state index is -1.06. The molecule has 0 unspecified atom stereocenters. The molecule has 1 N–H and O–H groups in total. The average molecular weight is 357 g/mol. The molecule has 0 aliphatic carbocycles. The van der Waals surface area contributed by atoms with Gasteiger partial charge in [0.1, 0.15) is 18.0 Å². The fraction of sp³-hybridized carbons (Fsp3) is 0.300. The summed E-state index contributed by atoms with van der Waals surface area (Å²) >= 11 is 0. The summed E-state index contributed by atoms with van der Waals surface area (Å²) in [6.07, 6.45) is 0. The van der Waals surface area contributed by atoms with Crippen molar-refractivity contribution in [2.24, 2.45) is 0 Å². The second kappa shape index (κ2) is 8.89. The van der Waals surface area contributed by atoms with Gasteiger partial charge in [-0.1, -0.05) is 30.3 Å². The maximum Gasteiger partial charge on any atom is 0.323 e. The van der Waals surface area contributed by atoms with Crippen LogP contribution in [0.4, 0.5) is 0 Å². The first kappa shape index (κ1) is 19.3. The molecule has 0 fully saturated rings. The number of carbonyl (C=O) groups excluding carboxylic acids is 1. The third-order valence-electron chi connectivity index (χ3n) is 4.09. The van der Waals surface area contributed by atoms with Crippen LogP contribution >= 0.6 is 0 Å². The highest BCUT2D eigenvalue weighted by Gasteiger charge is 2.24. The summed E-state index contributed by atoms with van der Waals surface area (Å²) in [7, 11) is 3.08. The molecule has 0 aliphatic rings. The van der Waals surface area contributed by atoms with Crippen molar-refractivity contribution < 1.29 is 24.2 Å². The smallest absolute Gasteiger partial charge is 0.323 e. The molecule has 1 atom stereocenters. The number of carbonyl (C=O) groups is 2. The Morgan fingerprint density at radius 3 is 2.12 bits per heavy atom. The van der Waals surface area contributed by atoms with E-state index >= 15 is 0 Å². The maximum absolute atomic E-state index is 12.9. The summed E-state index contributed by atoms with van der Waals surface area (Å²) in [4.78, 5) is 25.5. The van der Waals surface area contributed by atoms with E-state index in [9.17, 15) is 14.7 Å². The molecule has 2 rings (SSSR count). The van der Waals surface area contributed by atoms with Crippen LogP contribution < -0.4 is 9.47 Å². The Balaban J connectivity index is 2.27. The largest absolute Gasteiger partial charge is 0.497 e. The number of nitrogens with zero attached hydrogens (tertiary/aromatic N) is 1. The Labute approximate surface area is 153 Å². The lowest BCUT2D eigenvalue weighted by molar-refractivity contribution is -0.145. The van der Waals surface area contributed by atoms with E-state index in [0.717, 1.165) is 11.1 Å². The van der Waals surface area contributed by atoms with Crippen molar-refractivity contribution in [2.45, 2.75) is 19.4 Å². The minimum absolute atomic E-state index is 0.149. The van der Waals surface area contributed by atoms with Crippen molar-refractivity contribution in [1.29, 1.82) is 0 Å². The van der Waals surface area contributed by atoms with E-state index in [1.54, 1.807) is 25.1 Å². The molecule has 6 heteroatoms. The molecular weight excluding hydrogens is 334 g/mol. The highest BCUT2D eigenvalue weighted by molar-refractivity contribution is 5.86. The molecule has 0 aliphatic heterocycles. The number of hydrogen-bond donors (Lipinski definition) is 1. The minimum Gasteiger partial charge on any atom is -0.497 e. The first-order valence-corrected chi connectivity index (χ1v) is 8.22. The Kier molecular flexibility index (Phi) is 6.60. The molecule has 0 bridgehead atoms. The van der Waals surface area contributed by atoms with Gasteiger partial charge in [-0.15, -0.1) is 0 Å². The van der Waals surface area contributed by atoms with Crippen LogP contribution in [0, 0.1) is 0 Å². The summed E-state index contributed by atoms with van der Waals surface area (Å²) in [6, 6.07) is 14.5. The van der Waals surface area contributed by atoms with E-state index in [4.69, 9.17) is 9.47 Å². The van der Waals surface area contributed by atoms with E-state index in [-0.39, 0.29) is 19.0 Å². The average Bonchev–Trinajstić information content (AvgIpc) is 2.66. The lowest BCUT2D eigenvalue weighted by Gasteiger charge is -2.25. The van der Waals surface area contributed by atoms with Crippen molar-refractivity contribution >= 4 is 11.9 Å². The highest BCUT2D eigenvalue weighted by atomic mass is 16.5. The number of methoxy groups -OCH3 is 2. The molecule has 0 saturated carbocycles. The van der Waals surface area contributed by atoms with Crippen LogP contribution in [-0.2, 0) is 16.1 Å². The van der Waals surface area contributed by atoms with Crippen molar-refractivity contribution in [3.63, 3.8) is 0 Å². The molecule has 0 aromatic heterocycles. The van der Waals surface area contributed by atoms with Crippen LogP contribution in [-0.4, -0.2) is 42.6 Å². The van der Waals surface area contributed by atoms with Gasteiger partial charge in [0.2, 0.25) is 5.91 Å². The number of carboxylic acids is 1. The Morgan fingerprint density at radius 1 is 1.04 bits per heavy atom. The van der Waals surface area contributed by atoms with Crippen LogP contribution in [0.1, 0.15) is 24.0 Å². The second-order valence-corrected chi connectivity index (χ2v) is 5.94. The topological polar surface area (TPSA) is 76.1 Å². The fourth-order valence-corrected chi connectivity index (χ4v) is 2.71. The molecule has 0 heterocycles. The van der Waals surface area contributed by atoms with Gasteiger partial charge in [-0.3, -0.25) is 9.59 Å². The number of benzene rings is 2. The molecule has 0 spiro atoms. The van der Waals surface area contributed by atoms with E-state index in [1.165, 1.54) is 19.1 Å². The van der Waals surface area contributed by atoms with Gasteiger partial charge in [0.15, 0.2) is 0 Å². The Morgan fingerprint density at radius 2 is 1.62 bits per heavy atom. The molecule has 26 heavy (non-hydrogen) atoms. The predicted molar refractivity (Wildman–Crippen MR) is 97.5 cm³/mol. The van der Waals surface area contributed by atoms with Crippen molar-refractivity contribution in [1.82, 2.24) is 4.90 Å². The van der Waals surface area contributed by atoms with Crippen LogP contribution in [0.3, 0.4) is 0 Å². The maximum atomic E-state index is 12.9. The second-order valence-electron chi connectivity index (χ2n) is 5.94. The van der Waals surface area contributed by atoms with Gasteiger partial charge in [-0.25, -0.2) is 0 Å². The zero-order valence-corrected chi connectivity index (χ0v) is 15.1. The standard InChI is InChI=1S/C20H23NO5/c1-14(16-7-5-4-6-8-16)20(24)21(13-19(22)23)12-15-9-17(25-2)11-18(10-15)26-3/h4-11,14H,12-13H2,1-3H3,(H,22,23)/t14-/m1/s1. The molecule has 2 aromatic rings. The lowest BCUT2D eigenvalue weighted by atomic mass is 9.99. The fourth-order valence-electron chi connectivity index (χ4n) is 2.71. The van der Waals surface area contributed by atoms with Gasteiger partial charge >= 0.3 is 5.97 Å². The summed E-state index contributed by atoms with van der Waals surface area (Å²) in [6.45, 7) is 1.55. The third-order valence-corrected chi connectivity index (χ3v) is 4.09. The third kappa shape index (κ3) is 4.99. The molecular formula is C20H23NO5. The number of aliphatic carboxylic acids is 1. The number of rotatable bonds is 8. The SMILES string of the molecule is COc1cc(CN(CC(=O)O)C(=O)[C@H](C)c2ccccc2)cc(OC)c1. The monoisotopic (exact) mass is 357 g/mol. The molecule has 1 amide bonds. The molecule has 0 saturated heterocycles. The van der Waals surface area contributed by atoms with Crippen LogP contribution in [0.5, 0.6) is 11.5 Å². The van der Waals surface area contributed by atoms with E-state index in [2.05, 4.69) is 0 Å². The van der Waals surface area contributed by atoms with Gasteiger partial charge in [-0.05, 0) is 30.2 Å². The van der Waals surface area contributed by atoms with Crippen molar-refractivity contribution in [3.8, 4) is 11.5 Å². The number of hydrogen-bond acceptors (Lipinski definition) is 4. The zero-order valence-electron chi connectivity index (χ0n) is 15.1. The van der Waals surface area contributed by atoms with E-state index < -0.39 is 11.9 Å². The summed E-state index contributed by atoms with van der Waals surface area (Å²) in [5.74, 6) is -0.590. The van der Waals surface area contributed by atoms with Gasteiger partial charge in [0, 0.05) is 12.6 Å². The zero-order chi connectivity index (χ0) is 19.1. The normalized spacial score (nSPS) is 11.5. The number of amides is 1. The summed E-state index contributed by atoms with van der Waals surface area (Å²) in [5, 5.41) is 9.22. The summed E-state index contributed by atoms with van der Waals surface area (Å²) < 4.78 is 10.5. The molecule has 138 valence electrons. The van der Waals surface area contributed by atoms with Gasteiger partial charge in [-0.2, -0.15) is 0 Å². The Hall–Kier alpha value is -3.02. The van der Waals surface area contributed by atoms with Crippen LogP contribution in [0.25, 0.3) is 0 Å². The Bertz CT molecular complexity index is 738. The van der Waals surface area contributed by atoms with Crippen molar-refractivity contribution in [3.05, 3.63) is 59.7 Å². The van der Waals surface area contributed by atoms with E-state index in [0.29, 0.717) is 11.5 Å². The first-order chi connectivity index (χ1) is 12.4. The lowest BCUT2D eigenvalue weighted by Crippen LogP contribution is -2.37. The van der Waals surface area contributed by atoms with Crippen LogP contribution in [0.15, 0.2) is 48.5 Å². The molecule has 2 aromatic carbocycles. The van der Waals surface area contributed by atoms with Gasteiger partial charge in [0.25, 0.3) is 0 Å². The predicted octanol–water partition coefficient (Wildman–Crippen LogP) is 2.92. The summed E-state index contributed by atoms with van der Waals surface area (Å²) in [5.41, 5.74) is 1.58.